The standard InChI is InChI=1S/C19H13FN4S/c20-14-7-5-12(6-8-14)16-18(24-9-10-25-19(24)22-16)17-15-4-2-1-3-13(15)11-21-23-17/h1-8,11H,9-10H2. The van der Waals surface area contributed by atoms with Crippen LogP contribution in [-0.4, -0.2) is 25.5 Å². The molecule has 1 aliphatic heterocycles. The monoisotopic (exact) mass is 348 g/mol. The second-order valence-corrected chi connectivity index (χ2v) is 6.94. The molecule has 4 aromatic rings. The molecule has 4 nitrogen and oxygen atoms in total. The normalized spacial score (nSPS) is 13.3. The number of hydrogen-bond donors (Lipinski definition) is 0. The minimum atomic E-state index is -0.253. The molecule has 0 amide bonds. The lowest BCUT2D eigenvalue weighted by molar-refractivity contribution is 0.628. The molecule has 6 heteroatoms. The lowest BCUT2D eigenvalue weighted by atomic mass is 10.0. The molecule has 1 aliphatic rings. The maximum atomic E-state index is 13.3. The maximum Gasteiger partial charge on any atom is 0.169 e. The van der Waals surface area contributed by atoms with Crippen LogP contribution in [-0.2, 0) is 6.54 Å². The molecule has 0 saturated heterocycles. The molecule has 0 N–H and O–H groups in total. The van der Waals surface area contributed by atoms with Gasteiger partial charge in [0, 0.05) is 28.6 Å². The molecular weight excluding hydrogens is 335 g/mol. The molecule has 0 bridgehead atoms. The van der Waals surface area contributed by atoms with Crippen LogP contribution in [0, 0.1) is 5.82 Å². The van der Waals surface area contributed by atoms with Gasteiger partial charge in [0.1, 0.15) is 11.5 Å². The zero-order chi connectivity index (χ0) is 16.8. The van der Waals surface area contributed by atoms with Gasteiger partial charge in [-0.2, -0.15) is 5.10 Å². The third kappa shape index (κ3) is 2.33. The van der Waals surface area contributed by atoms with Crippen molar-refractivity contribution in [3.8, 4) is 22.6 Å². The van der Waals surface area contributed by atoms with E-state index in [0.717, 1.165) is 50.9 Å². The van der Waals surface area contributed by atoms with Gasteiger partial charge in [-0.1, -0.05) is 36.0 Å². The van der Waals surface area contributed by atoms with Crippen LogP contribution in [0.2, 0.25) is 0 Å². The van der Waals surface area contributed by atoms with Crippen molar-refractivity contribution < 1.29 is 4.39 Å². The van der Waals surface area contributed by atoms with Crippen molar-refractivity contribution in [1.82, 2.24) is 19.7 Å². The average molecular weight is 348 g/mol. The first-order chi connectivity index (χ1) is 12.3. The number of imidazole rings is 1. The van der Waals surface area contributed by atoms with Crippen molar-refractivity contribution >= 4 is 22.5 Å². The van der Waals surface area contributed by atoms with Gasteiger partial charge in [-0.05, 0) is 24.3 Å². The third-order valence-electron chi connectivity index (χ3n) is 4.39. The zero-order valence-corrected chi connectivity index (χ0v) is 14.0. The topological polar surface area (TPSA) is 43.6 Å². The maximum absolute atomic E-state index is 13.3. The molecule has 0 atom stereocenters. The molecule has 3 heterocycles. The SMILES string of the molecule is Fc1ccc(-c2nc3n(c2-c2nncc4ccccc24)CCS3)cc1. The summed E-state index contributed by atoms with van der Waals surface area (Å²) in [5.41, 5.74) is 3.48. The highest BCUT2D eigenvalue weighted by molar-refractivity contribution is 7.99. The van der Waals surface area contributed by atoms with E-state index in [1.54, 1.807) is 30.1 Å². The molecule has 2 aromatic heterocycles. The molecule has 0 unspecified atom stereocenters. The minimum Gasteiger partial charge on any atom is -0.316 e. The van der Waals surface area contributed by atoms with Gasteiger partial charge in [0.05, 0.1) is 17.6 Å². The van der Waals surface area contributed by atoms with Crippen LogP contribution in [0.5, 0.6) is 0 Å². The number of rotatable bonds is 2. The van der Waals surface area contributed by atoms with Crippen molar-refractivity contribution in [2.24, 2.45) is 0 Å². The number of benzene rings is 2. The quantitative estimate of drug-likeness (QED) is 0.538. The Morgan fingerprint density at radius 2 is 1.84 bits per heavy atom. The number of hydrogen-bond acceptors (Lipinski definition) is 4. The van der Waals surface area contributed by atoms with Crippen molar-refractivity contribution in [1.29, 1.82) is 0 Å². The van der Waals surface area contributed by atoms with Crippen molar-refractivity contribution in [3.63, 3.8) is 0 Å². The molecule has 25 heavy (non-hydrogen) atoms. The number of thioether (sulfide) groups is 1. The van der Waals surface area contributed by atoms with E-state index in [1.165, 1.54) is 12.1 Å². The Morgan fingerprint density at radius 3 is 2.72 bits per heavy atom. The summed E-state index contributed by atoms with van der Waals surface area (Å²) >= 11 is 1.73. The van der Waals surface area contributed by atoms with Crippen LogP contribution in [0.15, 0.2) is 59.9 Å². The van der Waals surface area contributed by atoms with Crippen LogP contribution < -0.4 is 0 Å². The Kier molecular flexibility index (Phi) is 3.31. The number of nitrogens with zero attached hydrogens (tertiary/aromatic N) is 4. The van der Waals surface area contributed by atoms with E-state index in [-0.39, 0.29) is 5.82 Å². The van der Waals surface area contributed by atoms with E-state index < -0.39 is 0 Å². The van der Waals surface area contributed by atoms with Gasteiger partial charge in [0.25, 0.3) is 0 Å². The van der Waals surface area contributed by atoms with E-state index in [2.05, 4.69) is 20.8 Å². The fourth-order valence-electron chi connectivity index (χ4n) is 3.23. The summed E-state index contributed by atoms with van der Waals surface area (Å²) in [5, 5.41) is 11.7. The summed E-state index contributed by atoms with van der Waals surface area (Å²) in [4.78, 5) is 4.81. The second kappa shape index (κ2) is 5.67. The molecule has 122 valence electrons. The highest BCUT2D eigenvalue weighted by Crippen LogP contribution is 2.40. The van der Waals surface area contributed by atoms with Crippen LogP contribution in [0.4, 0.5) is 4.39 Å². The summed E-state index contributed by atoms with van der Waals surface area (Å²) in [6, 6.07) is 14.5. The average Bonchev–Trinajstić information content (AvgIpc) is 3.23. The summed E-state index contributed by atoms with van der Waals surface area (Å²) < 4.78 is 15.5. The highest BCUT2D eigenvalue weighted by atomic mass is 32.2. The molecule has 0 fully saturated rings. The summed E-state index contributed by atoms with van der Waals surface area (Å²) in [5.74, 6) is 0.744. The van der Waals surface area contributed by atoms with Crippen molar-refractivity contribution in [2.75, 3.05) is 5.75 Å². The van der Waals surface area contributed by atoms with Gasteiger partial charge in [0.15, 0.2) is 5.16 Å². The lowest BCUT2D eigenvalue weighted by Crippen LogP contribution is -2.00. The summed E-state index contributed by atoms with van der Waals surface area (Å²) in [6.07, 6.45) is 1.77. The molecule has 0 spiro atoms. The number of halogens is 1. The minimum absolute atomic E-state index is 0.253. The molecule has 5 rings (SSSR count). The van der Waals surface area contributed by atoms with Gasteiger partial charge >= 0.3 is 0 Å². The second-order valence-electron chi connectivity index (χ2n) is 5.88. The van der Waals surface area contributed by atoms with Gasteiger partial charge in [0.2, 0.25) is 0 Å². The largest absolute Gasteiger partial charge is 0.316 e. The number of fused-ring (bicyclic) bond motifs is 2. The first-order valence-electron chi connectivity index (χ1n) is 8.01. The first kappa shape index (κ1) is 14.6. The lowest BCUT2D eigenvalue weighted by Gasteiger charge is -2.09. The van der Waals surface area contributed by atoms with Crippen LogP contribution in [0.25, 0.3) is 33.4 Å². The molecule has 0 radical (unpaired) electrons. The van der Waals surface area contributed by atoms with E-state index in [4.69, 9.17) is 4.98 Å². The van der Waals surface area contributed by atoms with E-state index >= 15 is 0 Å². The van der Waals surface area contributed by atoms with Gasteiger partial charge < -0.3 is 4.57 Å². The Labute approximate surface area is 147 Å². The zero-order valence-electron chi connectivity index (χ0n) is 13.2. The summed E-state index contributed by atoms with van der Waals surface area (Å²) in [7, 11) is 0. The van der Waals surface area contributed by atoms with E-state index in [1.807, 2.05) is 18.2 Å². The molecular formula is C19H13FN4S. The van der Waals surface area contributed by atoms with Crippen molar-refractivity contribution in [2.45, 2.75) is 11.7 Å². The van der Waals surface area contributed by atoms with Gasteiger partial charge in [-0.15, -0.1) is 5.10 Å². The fourth-order valence-corrected chi connectivity index (χ4v) is 4.18. The van der Waals surface area contributed by atoms with E-state index in [9.17, 15) is 4.39 Å². The van der Waals surface area contributed by atoms with Crippen LogP contribution >= 0.6 is 11.8 Å². The van der Waals surface area contributed by atoms with Crippen LogP contribution in [0.1, 0.15) is 0 Å². The Balaban J connectivity index is 1.82. The smallest absolute Gasteiger partial charge is 0.169 e. The Hall–Kier alpha value is -2.73. The fraction of sp³-hybridized carbons (Fsp3) is 0.105. The molecule has 0 saturated carbocycles. The predicted molar refractivity (Wildman–Crippen MR) is 96.9 cm³/mol. The van der Waals surface area contributed by atoms with E-state index in [0.29, 0.717) is 0 Å². The number of aromatic nitrogens is 4. The Bertz CT molecular complexity index is 1080. The van der Waals surface area contributed by atoms with Gasteiger partial charge in [-0.3, -0.25) is 0 Å². The summed E-state index contributed by atoms with van der Waals surface area (Å²) in [6.45, 7) is 0.883. The van der Waals surface area contributed by atoms with Crippen LogP contribution in [0.3, 0.4) is 0 Å². The molecule has 2 aromatic carbocycles. The third-order valence-corrected chi connectivity index (χ3v) is 5.35. The highest BCUT2D eigenvalue weighted by Gasteiger charge is 2.26. The predicted octanol–water partition coefficient (Wildman–Crippen LogP) is 4.41. The van der Waals surface area contributed by atoms with Crippen molar-refractivity contribution in [3.05, 3.63) is 60.5 Å². The Morgan fingerprint density at radius 1 is 1.00 bits per heavy atom. The van der Waals surface area contributed by atoms with Gasteiger partial charge in [-0.25, -0.2) is 9.37 Å². The molecule has 0 aliphatic carbocycles. The first-order valence-corrected chi connectivity index (χ1v) is 9.00.